The van der Waals surface area contributed by atoms with Crippen LogP contribution in [0.25, 0.3) is 0 Å². The summed E-state index contributed by atoms with van der Waals surface area (Å²) in [6.45, 7) is 3.72. The minimum Gasteiger partial charge on any atom is -0.337 e. The fraction of sp³-hybridized carbons (Fsp3) is 0.533. The van der Waals surface area contributed by atoms with E-state index in [0.717, 1.165) is 5.56 Å². The average Bonchev–Trinajstić information content (AvgIpc) is 2.72. The van der Waals surface area contributed by atoms with Crippen LogP contribution in [-0.4, -0.2) is 68.1 Å². The van der Waals surface area contributed by atoms with Gasteiger partial charge in [-0.1, -0.05) is 17.7 Å². The molecule has 0 unspecified atom stereocenters. The normalized spacial score (nSPS) is 17.5. The average molecular weight is 325 g/mol. The van der Waals surface area contributed by atoms with Gasteiger partial charge in [-0.25, -0.2) is 0 Å². The molecule has 1 aromatic carbocycles. The largest absolute Gasteiger partial charge is 0.337 e. The molecule has 1 aromatic rings. The highest BCUT2D eigenvalue weighted by atomic mass is 32.2. The second-order valence-corrected chi connectivity index (χ2v) is 7.85. The molecule has 1 fully saturated rings. The van der Waals surface area contributed by atoms with Crippen LogP contribution in [0.4, 0.5) is 0 Å². The predicted octanol–water partition coefficient (Wildman–Crippen LogP) is 0.949. The highest BCUT2D eigenvalue weighted by molar-refractivity contribution is 7.86. The zero-order valence-electron chi connectivity index (χ0n) is 13.3. The molecule has 6 nitrogen and oxygen atoms in total. The Labute approximate surface area is 132 Å². The van der Waals surface area contributed by atoms with E-state index in [1.807, 2.05) is 25.1 Å². The first kappa shape index (κ1) is 16.9. The van der Waals surface area contributed by atoms with Crippen LogP contribution in [0.15, 0.2) is 24.3 Å². The van der Waals surface area contributed by atoms with E-state index in [2.05, 4.69) is 0 Å². The minimum absolute atomic E-state index is 0.0344. The first-order chi connectivity index (χ1) is 10.3. The van der Waals surface area contributed by atoms with Gasteiger partial charge in [-0.15, -0.1) is 0 Å². The van der Waals surface area contributed by atoms with Crippen LogP contribution in [0.1, 0.15) is 22.3 Å². The summed E-state index contributed by atoms with van der Waals surface area (Å²) in [6, 6.07) is 7.48. The lowest BCUT2D eigenvalue weighted by atomic mass is 10.1. The Hall–Kier alpha value is -1.44. The van der Waals surface area contributed by atoms with Crippen molar-refractivity contribution in [2.24, 2.45) is 0 Å². The molecular weight excluding hydrogens is 302 g/mol. The van der Waals surface area contributed by atoms with Crippen LogP contribution in [0, 0.1) is 6.92 Å². The van der Waals surface area contributed by atoms with E-state index in [9.17, 15) is 13.2 Å². The Morgan fingerprint density at radius 2 is 1.86 bits per heavy atom. The van der Waals surface area contributed by atoms with E-state index < -0.39 is 10.2 Å². The molecule has 0 saturated carbocycles. The molecular formula is C15H23N3O3S. The van der Waals surface area contributed by atoms with Crippen molar-refractivity contribution in [2.45, 2.75) is 13.3 Å². The van der Waals surface area contributed by atoms with Gasteiger partial charge in [0.2, 0.25) is 0 Å². The van der Waals surface area contributed by atoms with Crippen LogP contribution >= 0.6 is 0 Å². The number of nitrogens with zero attached hydrogens (tertiary/aromatic N) is 3. The van der Waals surface area contributed by atoms with E-state index in [-0.39, 0.29) is 5.91 Å². The summed E-state index contributed by atoms with van der Waals surface area (Å²) in [5.74, 6) is -0.0344. The fourth-order valence-electron chi connectivity index (χ4n) is 2.52. The van der Waals surface area contributed by atoms with Gasteiger partial charge in [0.15, 0.2) is 0 Å². The summed E-state index contributed by atoms with van der Waals surface area (Å²) in [6.07, 6.45) is 0.643. The van der Waals surface area contributed by atoms with Crippen molar-refractivity contribution in [3.05, 3.63) is 35.4 Å². The van der Waals surface area contributed by atoms with E-state index >= 15 is 0 Å². The van der Waals surface area contributed by atoms with Gasteiger partial charge in [-0.05, 0) is 25.5 Å². The van der Waals surface area contributed by atoms with Gasteiger partial charge in [-0.2, -0.15) is 17.0 Å². The summed E-state index contributed by atoms with van der Waals surface area (Å²) in [5, 5.41) is 0. The molecule has 1 aliphatic rings. The van der Waals surface area contributed by atoms with E-state index in [0.29, 0.717) is 38.2 Å². The quantitative estimate of drug-likeness (QED) is 0.831. The minimum atomic E-state index is -3.42. The maximum atomic E-state index is 12.5. The second-order valence-electron chi connectivity index (χ2n) is 5.70. The molecule has 1 aliphatic heterocycles. The van der Waals surface area contributed by atoms with Gasteiger partial charge in [0.1, 0.15) is 0 Å². The first-order valence-electron chi connectivity index (χ1n) is 7.36. The van der Waals surface area contributed by atoms with Gasteiger partial charge in [0.05, 0.1) is 0 Å². The zero-order valence-corrected chi connectivity index (χ0v) is 14.1. The molecule has 2 rings (SSSR count). The number of hydrogen-bond donors (Lipinski definition) is 0. The number of carbonyl (C=O) groups is 1. The zero-order chi connectivity index (χ0) is 16.3. The number of amides is 1. The summed E-state index contributed by atoms with van der Waals surface area (Å²) < 4.78 is 27.0. The molecule has 22 heavy (non-hydrogen) atoms. The Morgan fingerprint density at radius 1 is 1.14 bits per heavy atom. The van der Waals surface area contributed by atoms with Crippen LogP contribution in [-0.2, 0) is 10.2 Å². The Bertz CT molecular complexity index is 643. The molecule has 0 spiro atoms. The molecule has 0 bridgehead atoms. The number of benzene rings is 1. The van der Waals surface area contributed by atoms with Crippen molar-refractivity contribution in [1.82, 2.24) is 13.5 Å². The molecule has 0 radical (unpaired) electrons. The van der Waals surface area contributed by atoms with E-state index in [1.54, 1.807) is 11.0 Å². The second kappa shape index (κ2) is 6.76. The Morgan fingerprint density at radius 3 is 2.50 bits per heavy atom. The van der Waals surface area contributed by atoms with Crippen molar-refractivity contribution in [3.8, 4) is 0 Å². The molecule has 0 aliphatic carbocycles. The summed E-state index contributed by atoms with van der Waals surface area (Å²) in [5.41, 5.74) is 1.70. The van der Waals surface area contributed by atoms with Crippen LogP contribution in [0.2, 0.25) is 0 Å². The molecule has 0 N–H and O–H groups in total. The van der Waals surface area contributed by atoms with Crippen LogP contribution in [0.3, 0.4) is 0 Å². The SMILES string of the molecule is Cc1cccc(C(=O)N2CCCN(S(=O)(=O)N(C)C)CC2)c1. The van der Waals surface area contributed by atoms with Crippen molar-refractivity contribution < 1.29 is 13.2 Å². The van der Waals surface area contributed by atoms with Gasteiger partial charge in [0, 0.05) is 45.8 Å². The number of rotatable bonds is 3. The lowest BCUT2D eigenvalue weighted by Crippen LogP contribution is -2.42. The number of hydrogen-bond acceptors (Lipinski definition) is 3. The predicted molar refractivity (Wildman–Crippen MR) is 85.9 cm³/mol. The van der Waals surface area contributed by atoms with Gasteiger partial charge in [0.25, 0.3) is 16.1 Å². The third-order valence-electron chi connectivity index (χ3n) is 3.79. The number of carbonyl (C=O) groups excluding carboxylic acids is 1. The number of aryl methyl sites for hydroxylation is 1. The molecule has 1 heterocycles. The smallest absolute Gasteiger partial charge is 0.281 e. The van der Waals surface area contributed by atoms with Crippen molar-refractivity contribution in [1.29, 1.82) is 0 Å². The fourth-order valence-corrected chi connectivity index (χ4v) is 3.65. The highest BCUT2D eigenvalue weighted by Gasteiger charge is 2.28. The lowest BCUT2D eigenvalue weighted by Gasteiger charge is -2.24. The lowest BCUT2D eigenvalue weighted by molar-refractivity contribution is 0.0764. The maximum absolute atomic E-state index is 12.5. The van der Waals surface area contributed by atoms with Gasteiger partial charge >= 0.3 is 0 Å². The van der Waals surface area contributed by atoms with Gasteiger partial charge in [-0.3, -0.25) is 4.79 Å². The summed E-state index contributed by atoms with van der Waals surface area (Å²) in [7, 11) is -0.368. The summed E-state index contributed by atoms with van der Waals surface area (Å²) in [4.78, 5) is 14.3. The first-order valence-corrected chi connectivity index (χ1v) is 8.75. The van der Waals surface area contributed by atoms with Crippen LogP contribution < -0.4 is 0 Å². The summed E-state index contributed by atoms with van der Waals surface area (Å²) >= 11 is 0. The molecule has 0 atom stereocenters. The van der Waals surface area contributed by atoms with E-state index in [1.165, 1.54) is 22.7 Å². The van der Waals surface area contributed by atoms with Crippen LogP contribution in [0.5, 0.6) is 0 Å². The van der Waals surface area contributed by atoms with Gasteiger partial charge < -0.3 is 4.90 Å². The molecule has 122 valence electrons. The van der Waals surface area contributed by atoms with Crippen molar-refractivity contribution in [2.75, 3.05) is 40.3 Å². The topological polar surface area (TPSA) is 60.9 Å². The Kier molecular flexibility index (Phi) is 5.20. The molecule has 7 heteroatoms. The third-order valence-corrected chi connectivity index (χ3v) is 5.74. The molecule has 1 saturated heterocycles. The van der Waals surface area contributed by atoms with Crippen molar-refractivity contribution >= 4 is 16.1 Å². The highest BCUT2D eigenvalue weighted by Crippen LogP contribution is 2.13. The molecule has 1 amide bonds. The monoisotopic (exact) mass is 325 g/mol. The maximum Gasteiger partial charge on any atom is 0.281 e. The third kappa shape index (κ3) is 3.66. The van der Waals surface area contributed by atoms with Crippen molar-refractivity contribution in [3.63, 3.8) is 0 Å². The Balaban J connectivity index is 2.09. The molecule has 0 aromatic heterocycles. The van der Waals surface area contributed by atoms with E-state index in [4.69, 9.17) is 0 Å². The standard InChI is InChI=1S/C15H23N3O3S/c1-13-6-4-7-14(12-13)15(19)17-8-5-9-18(11-10-17)22(20,21)16(2)3/h4,6-7,12H,5,8-11H2,1-3H3.